The van der Waals surface area contributed by atoms with Crippen LogP contribution in [0.1, 0.15) is 12.0 Å². The molecule has 1 aromatic heterocycles. The number of hydrogen-bond acceptors (Lipinski definition) is 11. The van der Waals surface area contributed by atoms with Crippen molar-refractivity contribution in [3.05, 3.63) is 40.2 Å². The van der Waals surface area contributed by atoms with Crippen molar-refractivity contribution in [2.24, 2.45) is 0 Å². The zero-order valence-corrected chi connectivity index (χ0v) is 18.6. The van der Waals surface area contributed by atoms with Crippen LogP contribution < -0.4 is 45.0 Å². The third kappa shape index (κ3) is 5.51. The Balaban J connectivity index is 0.00000341. The average molecular weight is 446 g/mol. The molecule has 0 bridgehead atoms. The van der Waals surface area contributed by atoms with E-state index in [1.165, 1.54) is 18.2 Å². The number of carboxylic acid groups (broad SMARTS) is 1. The van der Waals surface area contributed by atoms with Gasteiger partial charge in [-0.05, 0) is 24.6 Å². The SMILES string of the molecule is Cc1cc(=O)oc2cc(OC3OC(C(O)C(O)C(O)C(=O)[O-])C(O)CC3=O)ccc12.[Na+]. The molecule has 2 aromatic rings. The molecular formula is C19H19NaO11. The van der Waals surface area contributed by atoms with Gasteiger partial charge in [-0.15, -0.1) is 0 Å². The van der Waals surface area contributed by atoms with Gasteiger partial charge in [0, 0.05) is 23.9 Å². The molecule has 2 heterocycles. The molecule has 3 rings (SSSR count). The van der Waals surface area contributed by atoms with Crippen LogP contribution in [0.5, 0.6) is 5.75 Å². The Kier molecular flexibility index (Phi) is 8.36. The topological polar surface area (TPSA) is 187 Å². The van der Waals surface area contributed by atoms with Crippen LogP contribution in [-0.4, -0.2) is 69.0 Å². The fraction of sp³-hybridized carbons (Fsp3) is 0.421. The summed E-state index contributed by atoms with van der Waals surface area (Å²) in [4.78, 5) is 34.4. The fourth-order valence-electron chi connectivity index (χ4n) is 3.15. The van der Waals surface area contributed by atoms with Gasteiger partial charge < -0.3 is 44.2 Å². The molecule has 31 heavy (non-hydrogen) atoms. The van der Waals surface area contributed by atoms with Gasteiger partial charge in [0.2, 0.25) is 5.78 Å². The molecule has 162 valence electrons. The molecule has 12 heteroatoms. The van der Waals surface area contributed by atoms with E-state index in [0.29, 0.717) is 10.9 Å². The Hall–Kier alpha value is -1.83. The van der Waals surface area contributed by atoms with E-state index in [9.17, 15) is 39.9 Å². The number of ether oxygens (including phenoxy) is 2. The number of aliphatic hydroxyl groups excluding tert-OH is 4. The van der Waals surface area contributed by atoms with Crippen LogP contribution in [0, 0.1) is 6.92 Å². The molecule has 1 aliphatic rings. The minimum absolute atomic E-state index is 0. The molecule has 0 spiro atoms. The number of rotatable bonds is 6. The van der Waals surface area contributed by atoms with Crippen LogP contribution in [0.3, 0.4) is 0 Å². The number of Topliss-reactive ketones (excluding diaryl/α,β-unsaturated/α-hetero) is 1. The number of aryl methyl sites for hydroxylation is 1. The fourth-order valence-corrected chi connectivity index (χ4v) is 3.15. The Morgan fingerprint density at radius 1 is 1.23 bits per heavy atom. The Morgan fingerprint density at radius 3 is 2.55 bits per heavy atom. The zero-order valence-electron chi connectivity index (χ0n) is 16.6. The number of carboxylic acids is 1. The largest absolute Gasteiger partial charge is 1.00 e. The van der Waals surface area contributed by atoms with Gasteiger partial charge in [-0.2, -0.15) is 0 Å². The summed E-state index contributed by atoms with van der Waals surface area (Å²) in [7, 11) is 0. The van der Waals surface area contributed by atoms with Crippen molar-refractivity contribution in [2.75, 3.05) is 0 Å². The molecule has 1 saturated heterocycles. The third-order valence-corrected chi connectivity index (χ3v) is 4.75. The van der Waals surface area contributed by atoms with Gasteiger partial charge in [0.05, 0.1) is 12.1 Å². The maximum absolute atomic E-state index is 12.2. The zero-order chi connectivity index (χ0) is 22.2. The molecule has 1 fully saturated rings. The number of carbonyl (C=O) groups is 2. The standard InChI is InChI=1S/C19H20O11.Na/c1-7-4-13(22)29-12-5-8(2-3-9(7)12)28-19-11(21)6-10(20)17(30-19)15(24)14(23)16(25)18(26)27;/h2-5,10,14-17,19-20,23-25H,6H2,1H3,(H,26,27);/q;+1/p-1. The van der Waals surface area contributed by atoms with Gasteiger partial charge >= 0.3 is 35.2 Å². The predicted octanol–water partition coefficient (Wildman–Crippen LogP) is -5.64. The van der Waals surface area contributed by atoms with Crippen molar-refractivity contribution in [1.82, 2.24) is 0 Å². The van der Waals surface area contributed by atoms with Crippen LogP contribution in [0.2, 0.25) is 0 Å². The molecular weight excluding hydrogens is 427 g/mol. The first kappa shape index (κ1) is 25.4. The Bertz CT molecular complexity index is 1020. The van der Waals surface area contributed by atoms with Gasteiger partial charge in [0.25, 0.3) is 6.29 Å². The summed E-state index contributed by atoms with van der Waals surface area (Å²) in [5.74, 6) is -2.65. The summed E-state index contributed by atoms with van der Waals surface area (Å²) in [5, 5.41) is 50.5. The summed E-state index contributed by atoms with van der Waals surface area (Å²) in [6.45, 7) is 1.72. The molecule has 0 aliphatic carbocycles. The monoisotopic (exact) mass is 446 g/mol. The number of benzene rings is 1. The summed E-state index contributed by atoms with van der Waals surface area (Å²) in [5.41, 5.74) is 0.295. The minimum atomic E-state index is -2.44. The maximum atomic E-state index is 12.2. The third-order valence-electron chi connectivity index (χ3n) is 4.75. The van der Waals surface area contributed by atoms with Crippen molar-refractivity contribution in [3.63, 3.8) is 0 Å². The smallest absolute Gasteiger partial charge is 0.547 e. The van der Waals surface area contributed by atoms with Crippen LogP contribution in [-0.2, 0) is 14.3 Å². The molecule has 0 saturated carbocycles. The summed E-state index contributed by atoms with van der Waals surface area (Å²) in [6, 6.07) is 5.75. The van der Waals surface area contributed by atoms with E-state index in [1.807, 2.05) is 0 Å². The second-order valence-corrected chi connectivity index (χ2v) is 6.94. The van der Waals surface area contributed by atoms with Crippen molar-refractivity contribution < 1.29 is 78.6 Å². The van der Waals surface area contributed by atoms with Crippen molar-refractivity contribution in [1.29, 1.82) is 0 Å². The number of fused-ring (bicyclic) bond motifs is 1. The first-order chi connectivity index (χ1) is 14.1. The van der Waals surface area contributed by atoms with Crippen LogP contribution in [0.25, 0.3) is 11.0 Å². The van der Waals surface area contributed by atoms with E-state index in [2.05, 4.69) is 0 Å². The molecule has 1 aromatic carbocycles. The molecule has 4 N–H and O–H groups in total. The van der Waals surface area contributed by atoms with E-state index < -0.39 is 60.6 Å². The normalized spacial score (nSPS) is 24.2. The molecule has 0 amide bonds. The van der Waals surface area contributed by atoms with E-state index >= 15 is 0 Å². The Morgan fingerprint density at radius 2 is 1.90 bits per heavy atom. The second-order valence-electron chi connectivity index (χ2n) is 6.94. The van der Waals surface area contributed by atoms with Crippen LogP contribution in [0.4, 0.5) is 0 Å². The van der Waals surface area contributed by atoms with Crippen LogP contribution in [0.15, 0.2) is 33.5 Å². The van der Waals surface area contributed by atoms with Crippen molar-refractivity contribution >= 4 is 22.7 Å². The van der Waals surface area contributed by atoms with E-state index in [1.54, 1.807) is 13.0 Å². The number of aliphatic carboxylic acids is 1. The molecule has 6 unspecified atom stereocenters. The van der Waals surface area contributed by atoms with Gasteiger partial charge in [-0.25, -0.2) is 4.79 Å². The van der Waals surface area contributed by atoms with Gasteiger partial charge in [-0.3, -0.25) is 4.79 Å². The first-order valence-electron chi connectivity index (χ1n) is 8.91. The number of aliphatic hydroxyl groups is 4. The molecule has 0 radical (unpaired) electrons. The predicted molar refractivity (Wildman–Crippen MR) is 95.2 cm³/mol. The summed E-state index contributed by atoms with van der Waals surface area (Å²) >= 11 is 0. The van der Waals surface area contributed by atoms with Crippen molar-refractivity contribution in [2.45, 2.75) is 50.2 Å². The Labute approximate surface area is 197 Å². The maximum Gasteiger partial charge on any atom is 1.00 e. The van der Waals surface area contributed by atoms with Gasteiger partial charge in [-0.1, -0.05) is 0 Å². The molecule has 11 nitrogen and oxygen atoms in total. The average Bonchev–Trinajstić information content (AvgIpc) is 2.67. The van der Waals surface area contributed by atoms with E-state index in [0.717, 1.165) is 0 Å². The van der Waals surface area contributed by atoms with Crippen LogP contribution >= 0.6 is 0 Å². The van der Waals surface area contributed by atoms with Gasteiger partial charge in [0.1, 0.15) is 35.7 Å². The number of carbonyl (C=O) groups excluding carboxylic acids is 2. The summed E-state index contributed by atoms with van der Waals surface area (Å²) < 4.78 is 15.8. The van der Waals surface area contributed by atoms with Gasteiger partial charge in [0.15, 0.2) is 0 Å². The second kappa shape index (κ2) is 10.2. The minimum Gasteiger partial charge on any atom is -0.547 e. The number of ketones is 1. The summed E-state index contributed by atoms with van der Waals surface area (Å²) in [6.07, 6.45) is -12.1. The van der Waals surface area contributed by atoms with E-state index in [4.69, 9.17) is 13.9 Å². The number of hydrogen-bond donors (Lipinski definition) is 4. The van der Waals surface area contributed by atoms with Crippen molar-refractivity contribution in [3.8, 4) is 5.75 Å². The molecule has 6 atom stereocenters. The van der Waals surface area contributed by atoms with E-state index in [-0.39, 0.29) is 40.9 Å². The quantitative estimate of drug-likeness (QED) is 0.245. The first-order valence-corrected chi connectivity index (χ1v) is 8.91. The molecule has 1 aliphatic heterocycles.